The zero-order chi connectivity index (χ0) is 7.61. The molecule has 1 fully saturated rings. The van der Waals surface area contributed by atoms with Crippen LogP contribution in [-0.4, -0.2) is 19.3 Å². The second-order valence-electron chi connectivity index (χ2n) is 3.21. The molecule has 1 saturated heterocycles. The Bertz CT molecular complexity index is 163. The fourth-order valence-corrected chi connectivity index (χ4v) is 1.20. The van der Waals surface area contributed by atoms with Gasteiger partial charge in [-0.2, -0.15) is 5.26 Å². The standard InChI is InChI=1S/C7H11FN2/c1-7(4-8)2-6(3-9)10-5-7/h6,10H,2,4-5H2,1H3/t6-,7?/m0/s1. The summed E-state index contributed by atoms with van der Waals surface area (Å²) in [6, 6.07) is 1.94. The third kappa shape index (κ3) is 1.27. The molecule has 0 aliphatic carbocycles. The highest BCUT2D eigenvalue weighted by Gasteiger charge is 2.34. The Labute approximate surface area is 60.0 Å². The van der Waals surface area contributed by atoms with E-state index in [2.05, 4.69) is 11.4 Å². The van der Waals surface area contributed by atoms with Crippen molar-refractivity contribution in [1.29, 1.82) is 5.26 Å². The number of alkyl halides is 1. The molecule has 2 nitrogen and oxygen atoms in total. The molecule has 56 valence electrons. The molecule has 1 N–H and O–H groups in total. The summed E-state index contributed by atoms with van der Waals surface area (Å²) >= 11 is 0. The number of nitrogens with zero attached hydrogens (tertiary/aromatic N) is 1. The monoisotopic (exact) mass is 142 g/mol. The van der Waals surface area contributed by atoms with Crippen molar-refractivity contribution in [3.63, 3.8) is 0 Å². The van der Waals surface area contributed by atoms with Crippen molar-refractivity contribution < 1.29 is 4.39 Å². The maximum Gasteiger partial charge on any atom is 0.0961 e. The molecule has 0 aromatic rings. The number of hydrogen-bond donors (Lipinski definition) is 1. The Hall–Kier alpha value is -0.620. The van der Waals surface area contributed by atoms with Crippen LogP contribution in [0.25, 0.3) is 0 Å². The Morgan fingerprint density at radius 1 is 1.90 bits per heavy atom. The van der Waals surface area contributed by atoms with Crippen LogP contribution in [0.5, 0.6) is 0 Å². The fraction of sp³-hybridized carbons (Fsp3) is 0.857. The normalized spacial score (nSPS) is 39.5. The third-order valence-corrected chi connectivity index (χ3v) is 1.95. The minimum Gasteiger partial charge on any atom is -0.301 e. The highest BCUT2D eigenvalue weighted by molar-refractivity contribution is 5.01. The van der Waals surface area contributed by atoms with E-state index in [0.29, 0.717) is 13.0 Å². The smallest absolute Gasteiger partial charge is 0.0961 e. The van der Waals surface area contributed by atoms with Crippen molar-refractivity contribution in [2.45, 2.75) is 19.4 Å². The van der Waals surface area contributed by atoms with E-state index in [4.69, 9.17) is 5.26 Å². The number of nitrogens with one attached hydrogen (secondary N) is 1. The van der Waals surface area contributed by atoms with Gasteiger partial charge in [-0.05, 0) is 6.42 Å². The van der Waals surface area contributed by atoms with Gasteiger partial charge in [0.05, 0.1) is 18.8 Å². The Balaban J connectivity index is 2.51. The number of hydrogen-bond acceptors (Lipinski definition) is 2. The molecule has 0 aromatic heterocycles. The zero-order valence-electron chi connectivity index (χ0n) is 6.02. The van der Waals surface area contributed by atoms with Crippen LogP contribution in [0.3, 0.4) is 0 Å². The first-order valence-corrected chi connectivity index (χ1v) is 3.39. The highest BCUT2D eigenvalue weighted by Crippen LogP contribution is 2.27. The van der Waals surface area contributed by atoms with Crippen LogP contribution < -0.4 is 5.32 Å². The number of halogens is 1. The SMILES string of the molecule is CC1(CF)CN[C@H](C#N)C1. The van der Waals surface area contributed by atoms with E-state index in [-0.39, 0.29) is 18.1 Å². The van der Waals surface area contributed by atoms with Crippen molar-refractivity contribution in [2.75, 3.05) is 13.2 Å². The Kier molecular flexibility index (Phi) is 1.91. The van der Waals surface area contributed by atoms with E-state index < -0.39 is 0 Å². The Morgan fingerprint density at radius 3 is 2.90 bits per heavy atom. The predicted octanol–water partition coefficient (Wildman–Crippen LogP) is 0.848. The molecular weight excluding hydrogens is 131 g/mol. The minimum absolute atomic E-state index is 0.138. The van der Waals surface area contributed by atoms with Crippen LogP contribution in [0.15, 0.2) is 0 Å². The summed E-state index contributed by atoms with van der Waals surface area (Å²) in [5.41, 5.74) is -0.291. The molecule has 1 aliphatic heterocycles. The minimum atomic E-state index is -0.335. The first kappa shape index (κ1) is 7.49. The summed E-state index contributed by atoms with van der Waals surface area (Å²) in [6.45, 7) is 2.15. The lowest BCUT2D eigenvalue weighted by atomic mass is 9.90. The van der Waals surface area contributed by atoms with Crippen LogP contribution in [0.2, 0.25) is 0 Å². The molecule has 1 unspecified atom stereocenters. The van der Waals surface area contributed by atoms with E-state index >= 15 is 0 Å². The van der Waals surface area contributed by atoms with E-state index in [9.17, 15) is 4.39 Å². The summed E-state index contributed by atoms with van der Waals surface area (Å²) in [7, 11) is 0. The molecule has 0 aromatic carbocycles. The number of nitriles is 1. The number of rotatable bonds is 1. The predicted molar refractivity (Wildman–Crippen MR) is 36.1 cm³/mol. The van der Waals surface area contributed by atoms with E-state index in [1.54, 1.807) is 0 Å². The topological polar surface area (TPSA) is 35.8 Å². The van der Waals surface area contributed by atoms with Gasteiger partial charge in [-0.15, -0.1) is 0 Å². The van der Waals surface area contributed by atoms with Crippen LogP contribution in [0.4, 0.5) is 4.39 Å². The summed E-state index contributed by atoms with van der Waals surface area (Å²) in [5.74, 6) is 0. The van der Waals surface area contributed by atoms with Crippen molar-refractivity contribution >= 4 is 0 Å². The van der Waals surface area contributed by atoms with Gasteiger partial charge in [0.15, 0.2) is 0 Å². The summed E-state index contributed by atoms with van der Waals surface area (Å²) in [5, 5.41) is 11.4. The van der Waals surface area contributed by atoms with Gasteiger partial charge in [-0.25, -0.2) is 0 Å². The average Bonchev–Trinajstić information content (AvgIpc) is 2.33. The summed E-state index contributed by atoms with van der Waals surface area (Å²) in [6.07, 6.45) is 0.639. The maximum atomic E-state index is 12.2. The Morgan fingerprint density at radius 2 is 2.60 bits per heavy atom. The quantitative estimate of drug-likeness (QED) is 0.589. The maximum absolute atomic E-state index is 12.2. The van der Waals surface area contributed by atoms with Crippen LogP contribution in [-0.2, 0) is 0 Å². The molecule has 10 heavy (non-hydrogen) atoms. The van der Waals surface area contributed by atoms with Crippen LogP contribution in [0.1, 0.15) is 13.3 Å². The average molecular weight is 142 g/mol. The van der Waals surface area contributed by atoms with E-state index in [1.807, 2.05) is 6.92 Å². The molecule has 1 aliphatic rings. The molecule has 0 bridgehead atoms. The van der Waals surface area contributed by atoms with E-state index in [1.165, 1.54) is 0 Å². The molecule has 0 radical (unpaired) electrons. The molecule has 3 heteroatoms. The first-order valence-electron chi connectivity index (χ1n) is 3.39. The molecular formula is C7H11FN2. The van der Waals surface area contributed by atoms with Crippen molar-refractivity contribution in [1.82, 2.24) is 5.32 Å². The van der Waals surface area contributed by atoms with Crippen LogP contribution >= 0.6 is 0 Å². The third-order valence-electron chi connectivity index (χ3n) is 1.95. The van der Waals surface area contributed by atoms with Gasteiger partial charge >= 0.3 is 0 Å². The lowest BCUT2D eigenvalue weighted by Gasteiger charge is -2.16. The molecule has 0 saturated carbocycles. The lowest BCUT2D eigenvalue weighted by molar-refractivity contribution is 0.255. The lowest BCUT2D eigenvalue weighted by Crippen LogP contribution is -2.22. The second kappa shape index (κ2) is 2.55. The van der Waals surface area contributed by atoms with E-state index in [0.717, 1.165) is 0 Å². The summed E-state index contributed by atoms with van der Waals surface area (Å²) < 4.78 is 12.2. The van der Waals surface area contributed by atoms with Gasteiger partial charge < -0.3 is 5.32 Å². The zero-order valence-corrected chi connectivity index (χ0v) is 6.02. The first-order chi connectivity index (χ1) is 4.70. The fourth-order valence-electron chi connectivity index (χ4n) is 1.20. The van der Waals surface area contributed by atoms with Gasteiger partial charge in [0.25, 0.3) is 0 Å². The van der Waals surface area contributed by atoms with Gasteiger partial charge in [0.1, 0.15) is 0 Å². The molecule has 1 rings (SSSR count). The summed E-state index contributed by atoms with van der Waals surface area (Å²) in [4.78, 5) is 0. The van der Waals surface area contributed by atoms with Crippen LogP contribution in [0, 0.1) is 16.7 Å². The highest BCUT2D eigenvalue weighted by atomic mass is 19.1. The molecule has 2 atom stereocenters. The molecule has 0 spiro atoms. The van der Waals surface area contributed by atoms with Gasteiger partial charge in [0.2, 0.25) is 0 Å². The van der Waals surface area contributed by atoms with Gasteiger partial charge in [-0.3, -0.25) is 4.39 Å². The van der Waals surface area contributed by atoms with Crippen molar-refractivity contribution in [2.24, 2.45) is 5.41 Å². The molecule has 1 heterocycles. The largest absolute Gasteiger partial charge is 0.301 e. The molecule has 0 amide bonds. The van der Waals surface area contributed by atoms with Crippen molar-refractivity contribution in [3.05, 3.63) is 0 Å². The van der Waals surface area contributed by atoms with Gasteiger partial charge in [0, 0.05) is 12.0 Å². The van der Waals surface area contributed by atoms with Gasteiger partial charge in [-0.1, -0.05) is 6.92 Å². The van der Waals surface area contributed by atoms with Crippen molar-refractivity contribution in [3.8, 4) is 6.07 Å². The second-order valence-corrected chi connectivity index (χ2v) is 3.21.